The van der Waals surface area contributed by atoms with Crippen LogP contribution < -0.4 is 15.5 Å². The van der Waals surface area contributed by atoms with E-state index >= 15 is 0 Å². The van der Waals surface area contributed by atoms with Gasteiger partial charge in [-0.15, -0.1) is 0 Å². The maximum atomic E-state index is 5.38. The Labute approximate surface area is 158 Å². The lowest BCUT2D eigenvalue weighted by atomic mass is 10.1. The highest BCUT2D eigenvalue weighted by Gasteiger charge is 2.14. The van der Waals surface area contributed by atoms with E-state index in [0.29, 0.717) is 25.0 Å². The van der Waals surface area contributed by atoms with E-state index < -0.39 is 0 Å². The Morgan fingerprint density at radius 1 is 1.11 bits per heavy atom. The van der Waals surface area contributed by atoms with E-state index in [-0.39, 0.29) is 0 Å². The highest BCUT2D eigenvalue weighted by molar-refractivity contribution is 5.65. The molecule has 4 rings (SSSR count). The van der Waals surface area contributed by atoms with Crippen molar-refractivity contribution in [2.75, 3.05) is 43.6 Å². The summed E-state index contributed by atoms with van der Waals surface area (Å²) in [6, 6.07) is 12.2. The predicted octanol–water partition coefficient (Wildman–Crippen LogP) is 2.17. The molecule has 1 aromatic carbocycles. The van der Waals surface area contributed by atoms with Gasteiger partial charge in [-0.1, -0.05) is 24.3 Å². The van der Waals surface area contributed by atoms with Crippen molar-refractivity contribution in [3.8, 4) is 11.3 Å². The van der Waals surface area contributed by atoms with Gasteiger partial charge in [-0.2, -0.15) is 10.1 Å². The third kappa shape index (κ3) is 4.24. The largest absolute Gasteiger partial charge is 0.378 e. The second-order valence-corrected chi connectivity index (χ2v) is 6.36. The highest BCUT2D eigenvalue weighted by Crippen LogP contribution is 2.22. The Morgan fingerprint density at radius 2 is 1.93 bits per heavy atom. The summed E-state index contributed by atoms with van der Waals surface area (Å²) in [6.07, 6.45) is 1.76. The van der Waals surface area contributed by atoms with E-state index in [1.165, 1.54) is 5.56 Å². The molecule has 1 aliphatic rings. The summed E-state index contributed by atoms with van der Waals surface area (Å²) in [7, 11) is 1.94. The van der Waals surface area contributed by atoms with Gasteiger partial charge in [-0.25, -0.2) is 4.98 Å². The van der Waals surface area contributed by atoms with Gasteiger partial charge in [0.05, 0.1) is 18.9 Å². The molecular weight excluding hydrogens is 342 g/mol. The second kappa shape index (κ2) is 8.15. The summed E-state index contributed by atoms with van der Waals surface area (Å²) < 4.78 is 5.38. The molecule has 8 nitrogen and oxygen atoms in total. The molecule has 0 bridgehead atoms. The molecule has 3 N–H and O–H groups in total. The lowest BCUT2D eigenvalue weighted by Gasteiger charge is -2.26. The van der Waals surface area contributed by atoms with Gasteiger partial charge in [0, 0.05) is 31.9 Å². The fraction of sp³-hybridized carbons (Fsp3) is 0.316. The van der Waals surface area contributed by atoms with Crippen LogP contribution in [0.1, 0.15) is 5.56 Å². The SMILES string of the molecule is CNCc1ccc(-c2cc(Nc3ccnc(N4CCOCC4)n3)n[nH]2)cc1. The second-order valence-electron chi connectivity index (χ2n) is 6.36. The first-order valence-electron chi connectivity index (χ1n) is 9.04. The average molecular weight is 365 g/mol. The van der Waals surface area contributed by atoms with E-state index in [1.54, 1.807) is 6.20 Å². The van der Waals surface area contributed by atoms with Gasteiger partial charge in [-0.05, 0) is 24.2 Å². The third-order valence-electron chi connectivity index (χ3n) is 4.42. The van der Waals surface area contributed by atoms with Gasteiger partial charge in [0.15, 0.2) is 5.82 Å². The topological polar surface area (TPSA) is 91.0 Å². The maximum Gasteiger partial charge on any atom is 0.227 e. The first-order valence-corrected chi connectivity index (χ1v) is 9.04. The standard InChI is InChI=1S/C19H23N7O/c1-20-13-14-2-4-15(5-3-14)16-12-18(25-24-16)22-17-6-7-21-19(23-17)26-8-10-27-11-9-26/h2-7,12,20H,8-11,13H2,1H3,(H2,21,22,23,24,25). The number of benzene rings is 1. The van der Waals surface area contributed by atoms with Crippen LogP contribution in [0.4, 0.5) is 17.6 Å². The minimum absolute atomic E-state index is 0.705. The molecule has 8 heteroatoms. The predicted molar refractivity (Wildman–Crippen MR) is 105 cm³/mol. The Balaban J connectivity index is 1.46. The average Bonchev–Trinajstić information content (AvgIpc) is 3.18. The van der Waals surface area contributed by atoms with Crippen LogP contribution in [0.25, 0.3) is 11.3 Å². The Kier molecular flexibility index (Phi) is 5.27. The molecule has 0 aliphatic carbocycles. The van der Waals surface area contributed by atoms with Crippen LogP contribution in [0.5, 0.6) is 0 Å². The van der Waals surface area contributed by atoms with Crippen molar-refractivity contribution < 1.29 is 4.74 Å². The molecule has 0 amide bonds. The van der Waals surface area contributed by atoms with E-state index in [2.05, 4.69) is 60.0 Å². The number of hydrogen-bond acceptors (Lipinski definition) is 7. The lowest BCUT2D eigenvalue weighted by molar-refractivity contribution is 0.122. The van der Waals surface area contributed by atoms with Crippen LogP contribution in [0.3, 0.4) is 0 Å². The summed E-state index contributed by atoms with van der Waals surface area (Å²) in [5.74, 6) is 2.14. The van der Waals surface area contributed by atoms with Crippen LogP contribution in [0, 0.1) is 0 Å². The minimum atomic E-state index is 0.705. The van der Waals surface area contributed by atoms with E-state index in [1.807, 2.05) is 19.2 Å². The summed E-state index contributed by atoms with van der Waals surface area (Å²) >= 11 is 0. The Morgan fingerprint density at radius 3 is 2.70 bits per heavy atom. The fourth-order valence-corrected chi connectivity index (χ4v) is 3.00. The van der Waals surface area contributed by atoms with E-state index in [9.17, 15) is 0 Å². The molecule has 27 heavy (non-hydrogen) atoms. The van der Waals surface area contributed by atoms with E-state index in [0.717, 1.165) is 36.7 Å². The van der Waals surface area contributed by atoms with Crippen LogP contribution in [-0.4, -0.2) is 53.5 Å². The molecule has 3 heterocycles. The number of morpholine rings is 1. The first kappa shape index (κ1) is 17.4. The zero-order valence-corrected chi connectivity index (χ0v) is 15.3. The molecule has 0 spiro atoms. The maximum absolute atomic E-state index is 5.38. The number of H-pyrrole nitrogens is 1. The van der Waals surface area contributed by atoms with Gasteiger partial charge in [0.2, 0.25) is 5.95 Å². The summed E-state index contributed by atoms with van der Waals surface area (Å²) in [4.78, 5) is 11.1. The molecule has 1 aliphatic heterocycles. The monoisotopic (exact) mass is 365 g/mol. The molecule has 3 aromatic rings. The van der Waals surface area contributed by atoms with Crippen molar-refractivity contribution in [1.29, 1.82) is 0 Å². The quantitative estimate of drug-likeness (QED) is 0.617. The normalized spacial score (nSPS) is 14.3. The van der Waals surface area contributed by atoms with Crippen LogP contribution in [0.15, 0.2) is 42.6 Å². The van der Waals surface area contributed by atoms with Crippen molar-refractivity contribution in [3.05, 3.63) is 48.2 Å². The number of rotatable bonds is 6. The molecule has 140 valence electrons. The van der Waals surface area contributed by atoms with E-state index in [4.69, 9.17) is 4.74 Å². The molecule has 0 unspecified atom stereocenters. The zero-order valence-electron chi connectivity index (χ0n) is 15.3. The molecule has 1 fully saturated rings. The molecule has 1 saturated heterocycles. The van der Waals surface area contributed by atoms with Gasteiger partial charge >= 0.3 is 0 Å². The van der Waals surface area contributed by atoms with Crippen molar-refractivity contribution >= 4 is 17.6 Å². The number of hydrogen-bond donors (Lipinski definition) is 3. The number of ether oxygens (including phenoxy) is 1. The number of nitrogens with one attached hydrogen (secondary N) is 3. The molecule has 0 atom stereocenters. The molecular formula is C19H23N7O. The Hall–Kier alpha value is -2.97. The number of aromatic amines is 1. The van der Waals surface area contributed by atoms with Crippen LogP contribution >= 0.6 is 0 Å². The lowest BCUT2D eigenvalue weighted by Crippen LogP contribution is -2.37. The van der Waals surface area contributed by atoms with Gasteiger partial charge in [0.1, 0.15) is 5.82 Å². The number of anilines is 3. The van der Waals surface area contributed by atoms with Gasteiger partial charge < -0.3 is 20.3 Å². The van der Waals surface area contributed by atoms with Gasteiger partial charge in [0.25, 0.3) is 0 Å². The third-order valence-corrected chi connectivity index (χ3v) is 4.42. The summed E-state index contributed by atoms with van der Waals surface area (Å²) in [6.45, 7) is 3.88. The smallest absolute Gasteiger partial charge is 0.227 e. The molecule has 0 saturated carbocycles. The minimum Gasteiger partial charge on any atom is -0.378 e. The van der Waals surface area contributed by atoms with Crippen LogP contribution in [0.2, 0.25) is 0 Å². The summed E-state index contributed by atoms with van der Waals surface area (Å²) in [5, 5.41) is 13.8. The summed E-state index contributed by atoms with van der Waals surface area (Å²) in [5.41, 5.74) is 3.29. The van der Waals surface area contributed by atoms with Crippen molar-refractivity contribution in [2.45, 2.75) is 6.54 Å². The van der Waals surface area contributed by atoms with Crippen molar-refractivity contribution in [1.82, 2.24) is 25.5 Å². The van der Waals surface area contributed by atoms with Crippen molar-refractivity contribution in [2.24, 2.45) is 0 Å². The highest BCUT2D eigenvalue weighted by atomic mass is 16.5. The van der Waals surface area contributed by atoms with Gasteiger partial charge in [-0.3, -0.25) is 5.10 Å². The Bertz CT molecular complexity index is 872. The van der Waals surface area contributed by atoms with Crippen molar-refractivity contribution in [3.63, 3.8) is 0 Å². The first-order chi connectivity index (χ1) is 13.3. The molecule has 2 aromatic heterocycles. The van der Waals surface area contributed by atoms with Crippen LogP contribution in [-0.2, 0) is 11.3 Å². The zero-order chi connectivity index (χ0) is 18.5. The molecule has 0 radical (unpaired) electrons. The number of aromatic nitrogens is 4. The number of nitrogens with zero attached hydrogens (tertiary/aromatic N) is 4. The fourth-order valence-electron chi connectivity index (χ4n) is 3.00.